The first-order valence-electron chi connectivity index (χ1n) is 4.72. The summed E-state index contributed by atoms with van der Waals surface area (Å²) >= 11 is 3.04. The van der Waals surface area contributed by atoms with E-state index in [0.717, 1.165) is 12.1 Å². The van der Waals surface area contributed by atoms with Gasteiger partial charge in [-0.05, 0) is 34.1 Å². The van der Waals surface area contributed by atoms with E-state index >= 15 is 0 Å². The summed E-state index contributed by atoms with van der Waals surface area (Å²) in [6.07, 6.45) is 0. The molecule has 0 aliphatic heterocycles. The third-order valence-electron chi connectivity index (χ3n) is 2.03. The van der Waals surface area contributed by atoms with Crippen molar-refractivity contribution in [2.75, 3.05) is 5.73 Å². The molecule has 2 aromatic rings. The lowest BCUT2D eigenvalue weighted by atomic mass is 10.3. The maximum atomic E-state index is 13.4. The molecule has 0 amide bonds. The van der Waals surface area contributed by atoms with Gasteiger partial charge in [-0.1, -0.05) is 0 Å². The molecule has 1 aromatic heterocycles. The van der Waals surface area contributed by atoms with Crippen molar-refractivity contribution >= 4 is 21.7 Å². The molecule has 0 atom stereocenters. The van der Waals surface area contributed by atoms with Crippen LogP contribution >= 0.6 is 15.9 Å². The zero-order valence-electron chi connectivity index (χ0n) is 8.75. The third-order valence-corrected chi connectivity index (χ3v) is 2.64. The molecule has 0 radical (unpaired) electrons. The first kappa shape index (κ1) is 12.7. The maximum Gasteiger partial charge on any atom is 0.258 e. The van der Waals surface area contributed by atoms with Gasteiger partial charge in [-0.2, -0.15) is 4.98 Å². The number of hydrogen-bond acceptors (Lipinski definition) is 3. The molecular formula is C11H6BrF3N2O. The molecule has 2 N–H and O–H groups in total. The van der Waals surface area contributed by atoms with E-state index in [1.165, 1.54) is 6.07 Å². The lowest BCUT2D eigenvalue weighted by Gasteiger charge is -2.08. The number of nitrogens with zero attached hydrogens (tertiary/aromatic N) is 1. The van der Waals surface area contributed by atoms with Crippen molar-refractivity contribution in [3.05, 3.63) is 46.2 Å². The number of aromatic nitrogens is 1. The summed E-state index contributed by atoms with van der Waals surface area (Å²) in [6, 6.07) is 4.11. The second-order valence-corrected chi connectivity index (χ2v) is 4.17. The quantitative estimate of drug-likeness (QED) is 0.919. The topological polar surface area (TPSA) is 48.1 Å². The van der Waals surface area contributed by atoms with E-state index in [0.29, 0.717) is 6.07 Å². The molecule has 0 unspecified atom stereocenters. The van der Waals surface area contributed by atoms with E-state index < -0.39 is 29.1 Å². The molecule has 18 heavy (non-hydrogen) atoms. The van der Waals surface area contributed by atoms with E-state index in [-0.39, 0.29) is 10.2 Å². The highest BCUT2D eigenvalue weighted by molar-refractivity contribution is 9.10. The highest BCUT2D eigenvalue weighted by atomic mass is 79.9. The number of nitrogens with two attached hydrogens (primary N) is 1. The van der Waals surface area contributed by atoms with Crippen LogP contribution in [0.25, 0.3) is 0 Å². The zero-order chi connectivity index (χ0) is 13.3. The van der Waals surface area contributed by atoms with Gasteiger partial charge in [0.05, 0.1) is 4.47 Å². The van der Waals surface area contributed by atoms with E-state index in [1.807, 2.05) is 0 Å². The second-order valence-electron chi connectivity index (χ2n) is 3.32. The minimum Gasteiger partial charge on any atom is -0.435 e. The van der Waals surface area contributed by atoms with Gasteiger partial charge in [0.2, 0.25) is 0 Å². The third kappa shape index (κ3) is 2.56. The van der Waals surface area contributed by atoms with Gasteiger partial charge in [-0.15, -0.1) is 0 Å². The predicted octanol–water partition coefficient (Wildman–Crippen LogP) is 3.64. The summed E-state index contributed by atoms with van der Waals surface area (Å²) in [4.78, 5) is 3.42. The fourth-order valence-corrected chi connectivity index (χ4v) is 1.63. The van der Waals surface area contributed by atoms with Crippen LogP contribution < -0.4 is 10.5 Å². The second kappa shape index (κ2) is 4.85. The van der Waals surface area contributed by atoms with E-state index in [2.05, 4.69) is 20.9 Å². The Balaban J connectivity index is 2.37. The van der Waals surface area contributed by atoms with Crippen LogP contribution in [0, 0.1) is 17.5 Å². The van der Waals surface area contributed by atoms with E-state index in [4.69, 9.17) is 10.5 Å². The van der Waals surface area contributed by atoms with Gasteiger partial charge in [-0.3, -0.25) is 0 Å². The van der Waals surface area contributed by atoms with Gasteiger partial charge in [0, 0.05) is 6.07 Å². The molecule has 2 rings (SSSR count). The van der Waals surface area contributed by atoms with Gasteiger partial charge in [0.1, 0.15) is 11.6 Å². The monoisotopic (exact) mass is 318 g/mol. The number of ether oxygens (including phenoxy) is 1. The smallest absolute Gasteiger partial charge is 0.258 e. The van der Waals surface area contributed by atoms with Crippen LogP contribution in [0.15, 0.2) is 28.7 Å². The van der Waals surface area contributed by atoms with Crippen LogP contribution in [0.5, 0.6) is 11.6 Å². The summed E-state index contributed by atoms with van der Waals surface area (Å²) in [7, 11) is 0. The number of pyridine rings is 1. The average molecular weight is 319 g/mol. The SMILES string of the molecule is Nc1nc(Oc2ccc(F)cc2Br)c(F)cc1F. The first-order valence-corrected chi connectivity index (χ1v) is 5.51. The highest BCUT2D eigenvalue weighted by Crippen LogP contribution is 2.31. The number of anilines is 1. The number of rotatable bonds is 2. The van der Waals surface area contributed by atoms with E-state index in [9.17, 15) is 13.2 Å². The average Bonchev–Trinajstić information content (AvgIpc) is 2.29. The Morgan fingerprint density at radius 2 is 1.83 bits per heavy atom. The Labute approximate surface area is 109 Å². The number of hydrogen-bond donors (Lipinski definition) is 1. The summed E-state index contributed by atoms with van der Waals surface area (Å²) in [5.74, 6) is -3.29. The molecule has 0 saturated heterocycles. The van der Waals surface area contributed by atoms with E-state index in [1.54, 1.807) is 0 Å². The molecule has 0 saturated carbocycles. The van der Waals surface area contributed by atoms with Crippen LogP contribution in [-0.4, -0.2) is 4.98 Å². The molecule has 1 heterocycles. The first-order chi connectivity index (χ1) is 8.47. The molecule has 0 fully saturated rings. The van der Waals surface area contributed by atoms with Crippen LogP contribution in [0.1, 0.15) is 0 Å². The summed E-state index contributed by atoms with van der Waals surface area (Å²) in [6.45, 7) is 0. The van der Waals surface area contributed by atoms with Crippen molar-refractivity contribution in [1.82, 2.24) is 4.98 Å². The van der Waals surface area contributed by atoms with Crippen molar-refractivity contribution in [3.63, 3.8) is 0 Å². The van der Waals surface area contributed by atoms with Crippen LogP contribution in [-0.2, 0) is 0 Å². The Morgan fingerprint density at radius 3 is 2.50 bits per heavy atom. The Kier molecular flexibility index (Phi) is 3.42. The lowest BCUT2D eigenvalue weighted by Crippen LogP contribution is -2.00. The number of halogens is 4. The Hall–Kier alpha value is -1.76. The molecule has 3 nitrogen and oxygen atoms in total. The highest BCUT2D eigenvalue weighted by Gasteiger charge is 2.13. The van der Waals surface area contributed by atoms with Crippen LogP contribution in [0.4, 0.5) is 19.0 Å². The van der Waals surface area contributed by atoms with Gasteiger partial charge >= 0.3 is 0 Å². The van der Waals surface area contributed by atoms with Crippen LogP contribution in [0.3, 0.4) is 0 Å². The molecule has 0 bridgehead atoms. The van der Waals surface area contributed by atoms with Gasteiger partial charge in [-0.25, -0.2) is 13.2 Å². The number of benzene rings is 1. The minimum atomic E-state index is -1.00. The molecular weight excluding hydrogens is 313 g/mol. The van der Waals surface area contributed by atoms with Crippen molar-refractivity contribution in [1.29, 1.82) is 0 Å². The van der Waals surface area contributed by atoms with Crippen LogP contribution in [0.2, 0.25) is 0 Å². The largest absolute Gasteiger partial charge is 0.435 e. The Morgan fingerprint density at radius 1 is 1.11 bits per heavy atom. The molecule has 1 aromatic carbocycles. The Bertz CT molecular complexity index is 607. The normalized spacial score (nSPS) is 10.4. The molecule has 0 spiro atoms. The van der Waals surface area contributed by atoms with Crippen molar-refractivity contribution < 1.29 is 17.9 Å². The van der Waals surface area contributed by atoms with Crippen molar-refractivity contribution in [2.45, 2.75) is 0 Å². The minimum absolute atomic E-state index is 0.133. The summed E-state index contributed by atoms with van der Waals surface area (Å²) in [5.41, 5.74) is 5.20. The molecule has 94 valence electrons. The standard InChI is InChI=1S/C11H6BrF3N2O/c12-6-3-5(13)1-2-9(6)18-11-8(15)4-7(14)10(16)17-11/h1-4H,(H2,16,17). The predicted molar refractivity (Wildman–Crippen MR) is 62.7 cm³/mol. The van der Waals surface area contributed by atoms with Crippen molar-refractivity contribution in [3.8, 4) is 11.6 Å². The van der Waals surface area contributed by atoms with Crippen molar-refractivity contribution in [2.24, 2.45) is 0 Å². The maximum absolute atomic E-state index is 13.4. The summed E-state index contributed by atoms with van der Waals surface area (Å²) < 4.78 is 44.4. The van der Waals surface area contributed by atoms with Gasteiger partial charge in [0.25, 0.3) is 5.88 Å². The molecule has 0 aliphatic rings. The fourth-order valence-electron chi connectivity index (χ4n) is 1.20. The lowest BCUT2D eigenvalue weighted by molar-refractivity contribution is 0.415. The zero-order valence-corrected chi connectivity index (χ0v) is 10.3. The summed E-state index contributed by atoms with van der Waals surface area (Å²) in [5, 5.41) is 0. The number of nitrogen functional groups attached to an aromatic ring is 1. The molecule has 7 heteroatoms. The fraction of sp³-hybridized carbons (Fsp3) is 0. The van der Waals surface area contributed by atoms with Gasteiger partial charge < -0.3 is 10.5 Å². The molecule has 0 aliphatic carbocycles. The van der Waals surface area contributed by atoms with Gasteiger partial charge in [0.15, 0.2) is 17.5 Å².